The molecule has 1 aromatic rings. The average Bonchev–Trinajstić information content (AvgIpc) is 2.29. The van der Waals surface area contributed by atoms with Crippen molar-refractivity contribution in [3.63, 3.8) is 0 Å². The third kappa shape index (κ3) is 3.82. The number of aliphatic hydroxyl groups is 1. The van der Waals surface area contributed by atoms with Gasteiger partial charge in [-0.1, -0.05) is 12.1 Å². The van der Waals surface area contributed by atoms with Crippen molar-refractivity contribution in [3.05, 3.63) is 35.6 Å². The van der Waals surface area contributed by atoms with Gasteiger partial charge in [-0.15, -0.1) is 0 Å². The Hall–Kier alpha value is -1.42. The Bertz CT molecular complexity index is 344. The number of hydrogen-bond acceptors (Lipinski definition) is 3. The molecule has 0 amide bonds. The van der Waals surface area contributed by atoms with Gasteiger partial charge in [-0.2, -0.15) is 0 Å². The number of hydrogen-bond donors (Lipinski definition) is 1. The number of rotatable bonds is 3. The van der Waals surface area contributed by atoms with Gasteiger partial charge in [-0.3, -0.25) is 4.79 Å². The molecule has 0 atom stereocenters. The molecular formula is C13H17FO3. The van der Waals surface area contributed by atoms with Gasteiger partial charge in [0.1, 0.15) is 5.82 Å². The molecule has 3 nitrogen and oxygen atoms in total. The standard InChI is InChI=1S/C10H11FO.C3H6O2/c11-9-4-2-8(3-5-9)10(12)6-1-7-10;1-2-5-3-4/h2-5,12H,1,6-7H2;3H,2H2,1H3. The molecule has 1 aliphatic rings. The van der Waals surface area contributed by atoms with E-state index in [1.165, 1.54) is 12.1 Å². The smallest absolute Gasteiger partial charge is 0.293 e. The quantitative estimate of drug-likeness (QED) is 0.825. The summed E-state index contributed by atoms with van der Waals surface area (Å²) in [5.74, 6) is -0.248. The van der Waals surface area contributed by atoms with Crippen molar-refractivity contribution in [2.24, 2.45) is 0 Å². The first kappa shape index (κ1) is 13.6. The molecule has 2 rings (SSSR count). The van der Waals surface area contributed by atoms with Crippen molar-refractivity contribution in [1.29, 1.82) is 0 Å². The highest BCUT2D eigenvalue weighted by atomic mass is 19.1. The van der Waals surface area contributed by atoms with Gasteiger partial charge in [0.2, 0.25) is 0 Å². The maximum atomic E-state index is 12.5. The summed E-state index contributed by atoms with van der Waals surface area (Å²) in [6.45, 7) is 2.66. The van der Waals surface area contributed by atoms with Gasteiger partial charge in [0.15, 0.2) is 0 Å². The fraction of sp³-hybridized carbons (Fsp3) is 0.462. The van der Waals surface area contributed by atoms with Crippen LogP contribution in [0.3, 0.4) is 0 Å². The Balaban J connectivity index is 0.000000249. The SMILES string of the molecule is CCOC=O.OC1(c2ccc(F)cc2)CCC1. The number of carbonyl (C=O) groups excluding carboxylic acids is 1. The molecule has 17 heavy (non-hydrogen) atoms. The molecule has 0 radical (unpaired) electrons. The highest BCUT2D eigenvalue weighted by Crippen LogP contribution is 2.40. The highest BCUT2D eigenvalue weighted by molar-refractivity contribution is 5.36. The third-order valence-electron chi connectivity index (χ3n) is 2.80. The molecule has 1 saturated carbocycles. The first-order chi connectivity index (χ1) is 8.12. The Labute approximate surface area is 100 Å². The summed E-state index contributed by atoms with van der Waals surface area (Å²) in [5, 5.41) is 9.85. The van der Waals surface area contributed by atoms with E-state index in [2.05, 4.69) is 4.74 Å². The molecule has 0 spiro atoms. The van der Waals surface area contributed by atoms with E-state index in [1.54, 1.807) is 19.1 Å². The summed E-state index contributed by atoms with van der Waals surface area (Å²) in [5.41, 5.74) is 0.184. The molecule has 1 fully saturated rings. The zero-order chi connectivity index (χ0) is 12.7. The van der Waals surface area contributed by atoms with Crippen LogP contribution in [0.4, 0.5) is 4.39 Å². The molecule has 1 aromatic carbocycles. The van der Waals surface area contributed by atoms with E-state index in [1.807, 2.05) is 0 Å². The van der Waals surface area contributed by atoms with Gasteiger partial charge < -0.3 is 9.84 Å². The molecule has 0 aromatic heterocycles. The van der Waals surface area contributed by atoms with Gasteiger partial charge in [-0.05, 0) is 43.9 Å². The van der Waals surface area contributed by atoms with Crippen LogP contribution in [0.5, 0.6) is 0 Å². The number of benzene rings is 1. The molecule has 0 aliphatic heterocycles. The van der Waals surface area contributed by atoms with Crippen LogP contribution < -0.4 is 0 Å². The fourth-order valence-corrected chi connectivity index (χ4v) is 1.63. The van der Waals surface area contributed by atoms with Crippen LogP contribution >= 0.6 is 0 Å². The number of ether oxygens (including phenoxy) is 1. The lowest BCUT2D eigenvalue weighted by molar-refractivity contribution is -0.128. The Morgan fingerprint density at radius 2 is 2.00 bits per heavy atom. The Morgan fingerprint density at radius 3 is 2.29 bits per heavy atom. The van der Waals surface area contributed by atoms with Crippen molar-refractivity contribution in [1.82, 2.24) is 0 Å². The second-order valence-electron chi connectivity index (χ2n) is 3.94. The van der Waals surface area contributed by atoms with Crippen molar-refractivity contribution in [3.8, 4) is 0 Å². The molecule has 1 aliphatic carbocycles. The van der Waals surface area contributed by atoms with E-state index in [4.69, 9.17) is 0 Å². The summed E-state index contributed by atoms with van der Waals surface area (Å²) >= 11 is 0. The van der Waals surface area contributed by atoms with Gasteiger partial charge in [-0.25, -0.2) is 4.39 Å². The predicted molar refractivity (Wildman–Crippen MR) is 61.8 cm³/mol. The Kier molecular flexibility index (Phi) is 5.10. The van der Waals surface area contributed by atoms with E-state index in [9.17, 15) is 14.3 Å². The summed E-state index contributed by atoms with van der Waals surface area (Å²) in [6.07, 6.45) is 2.67. The summed E-state index contributed by atoms with van der Waals surface area (Å²) in [4.78, 5) is 9.18. The van der Waals surface area contributed by atoms with E-state index in [0.29, 0.717) is 13.1 Å². The second-order valence-corrected chi connectivity index (χ2v) is 3.94. The van der Waals surface area contributed by atoms with E-state index in [-0.39, 0.29) is 5.82 Å². The molecule has 0 saturated heterocycles. The van der Waals surface area contributed by atoms with Crippen LogP contribution in [0, 0.1) is 5.82 Å². The minimum atomic E-state index is -0.659. The van der Waals surface area contributed by atoms with Crippen LogP contribution in [0.25, 0.3) is 0 Å². The lowest BCUT2D eigenvalue weighted by Crippen LogP contribution is -2.33. The zero-order valence-electron chi connectivity index (χ0n) is 9.86. The van der Waals surface area contributed by atoms with Crippen LogP contribution in [0.1, 0.15) is 31.7 Å². The molecule has 1 N–H and O–H groups in total. The minimum Gasteiger partial charge on any atom is -0.468 e. The van der Waals surface area contributed by atoms with Crippen molar-refractivity contribution >= 4 is 6.47 Å². The molecule has 0 unspecified atom stereocenters. The van der Waals surface area contributed by atoms with Crippen molar-refractivity contribution in [2.75, 3.05) is 6.61 Å². The first-order valence-corrected chi connectivity index (χ1v) is 5.66. The molecule has 4 heteroatoms. The number of halogens is 1. The maximum Gasteiger partial charge on any atom is 0.293 e. The van der Waals surface area contributed by atoms with Gasteiger partial charge >= 0.3 is 0 Å². The van der Waals surface area contributed by atoms with Crippen LogP contribution in [-0.2, 0) is 15.1 Å². The highest BCUT2D eigenvalue weighted by Gasteiger charge is 2.35. The summed E-state index contributed by atoms with van der Waals surface area (Å²) in [7, 11) is 0. The molecular weight excluding hydrogens is 223 g/mol. The van der Waals surface area contributed by atoms with Crippen LogP contribution in [0.2, 0.25) is 0 Å². The topological polar surface area (TPSA) is 46.5 Å². The van der Waals surface area contributed by atoms with Gasteiger partial charge in [0.25, 0.3) is 6.47 Å². The first-order valence-electron chi connectivity index (χ1n) is 5.66. The predicted octanol–water partition coefficient (Wildman–Crippen LogP) is 2.38. The van der Waals surface area contributed by atoms with E-state index in [0.717, 1.165) is 24.8 Å². The Morgan fingerprint density at radius 1 is 1.41 bits per heavy atom. The minimum absolute atomic E-state index is 0.248. The summed E-state index contributed by atoms with van der Waals surface area (Å²) in [6, 6.07) is 6.11. The normalized spacial score (nSPS) is 16.2. The van der Waals surface area contributed by atoms with E-state index >= 15 is 0 Å². The maximum absolute atomic E-state index is 12.5. The monoisotopic (exact) mass is 240 g/mol. The van der Waals surface area contributed by atoms with Crippen molar-refractivity contribution in [2.45, 2.75) is 31.8 Å². The second kappa shape index (κ2) is 6.35. The van der Waals surface area contributed by atoms with Crippen molar-refractivity contribution < 1.29 is 19.0 Å². The molecule has 0 heterocycles. The van der Waals surface area contributed by atoms with Crippen LogP contribution in [0.15, 0.2) is 24.3 Å². The molecule has 94 valence electrons. The van der Waals surface area contributed by atoms with E-state index < -0.39 is 5.60 Å². The number of carbonyl (C=O) groups is 1. The molecule has 0 bridgehead atoms. The lowest BCUT2D eigenvalue weighted by Gasteiger charge is -2.37. The lowest BCUT2D eigenvalue weighted by atomic mass is 9.75. The average molecular weight is 240 g/mol. The zero-order valence-corrected chi connectivity index (χ0v) is 9.86. The largest absolute Gasteiger partial charge is 0.468 e. The van der Waals surface area contributed by atoms with Gasteiger partial charge in [0, 0.05) is 0 Å². The van der Waals surface area contributed by atoms with Crippen LogP contribution in [-0.4, -0.2) is 18.2 Å². The summed E-state index contributed by atoms with van der Waals surface area (Å²) < 4.78 is 16.7. The third-order valence-corrected chi connectivity index (χ3v) is 2.80. The van der Waals surface area contributed by atoms with Gasteiger partial charge in [0.05, 0.1) is 12.2 Å². The fourth-order valence-electron chi connectivity index (χ4n) is 1.63.